The van der Waals surface area contributed by atoms with Gasteiger partial charge < -0.3 is 10.1 Å². The van der Waals surface area contributed by atoms with Crippen LogP contribution in [0, 0.1) is 19.8 Å². The number of aryl methyl sites for hydroxylation is 2. The number of benzene rings is 1. The van der Waals surface area contributed by atoms with Gasteiger partial charge in [-0.2, -0.15) is 4.31 Å². The number of carbonyl (C=O) groups excluding carboxylic acids is 2. The van der Waals surface area contributed by atoms with E-state index in [-0.39, 0.29) is 16.7 Å². The van der Waals surface area contributed by atoms with E-state index in [0.29, 0.717) is 42.4 Å². The topological polar surface area (TPSA) is 92.8 Å². The van der Waals surface area contributed by atoms with Crippen LogP contribution in [-0.2, 0) is 19.6 Å². The van der Waals surface area contributed by atoms with Crippen LogP contribution in [0.5, 0.6) is 0 Å². The Labute approximate surface area is 181 Å². The molecule has 1 saturated heterocycles. The van der Waals surface area contributed by atoms with Gasteiger partial charge in [0, 0.05) is 19.0 Å². The number of nitrogens with zero attached hydrogens (tertiary/aromatic N) is 1. The molecule has 3 rings (SSSR count). The fraction of sp³-hybridized carbons (Fsp3) is 0.429. The van der Waals surface area contributed by atoms with Crippen LogP contribution in [0.3, 0.4) is 0 Å². The van der Waals surface area contributed by atoms with Crippen molar-refractivity contribution < 1.29 is 22.7 Å². The lowest BCUT2D eigenvalue weighted by Gasteiger charge is -2.30. The molecule has 30 heavy (non-hydrogen) atoms. The molecular weight excluding hydrogens is 424 g/mol. The molecule has 7 nitrogen and oxygen atoms in total. The maximum Gasteiger partial charge on any atom is 0.348 e. The molecule has 0 spiro atoms. The van der Waals surface area contributed by atoms with E-state index in [1.165, 1.54) is 15.6 Å². The van der Waals surface area contributed by atoms with E-state index < -0.39 is 16.0 Å². The van der Waals surface area contributed by atoms with E-state index in [1.54, 1.807) is 44.2 Å². The fourth-order valence-corrected chi connectivity index (χ4v) is 5.82. The molecule has 1 amide bonds. The number of thiophene rings is 1. The first-order valence-electron chi connectivity index (χ1n) is 9.87. The van der Waals surface area contributed by atoms with Crippen molar-refractivity contribution >= 4 is 38.2 Å². The Morgan fingerprint density at radius 1 is 1.17 bits per heavy atom. The number of hydrogen-bond donors (Lipinski definition) is 1. The van der Waals surface area contributed by atoms with E-state index in [1.807, 2.05) is 6.92 Å². The molecule has 1 aromatic carbocycles. The first-order valence-corrected chi connectivity index (χ1v) is 12.1. The van der Waals surface area contributed by atoms with Crippen molar-refractivity contribution in [1.82, 2.24) is 4.31 Å². The number of sulfonamides is 1. The van der Waals surface area contributed by atoms with Gasteiger partial charge in [-0.15, -0.1) is 11.3 Å². The first kappa shape index (κ1) is 22.5. The second-order valence-electron chi connectivity index (χ2n) is 7.32. The van der Waals surface area contributed by atoms with Gasteiger partial charge in [-0.1, -0.05) is 17.7 Å². The predicted octanol–water partition coefficient (Wildman–Crippen LogP) is 3.58. The van der Waals surface area contributed by atoms with Crippen molar-refractivity contribution in [1.29, 1.82) is 0 Å². The van der Waals surface area contributed by atoms with Crippen LogP contribution < -0.4 is 5.32 Å². The van der Waals surface area contributed by atoms with Crippen molar-refractivity contribution in [2.75, 3.05) is 25.0 Å². The highest BCUT2D eigenvalue weighted by Crippen LogP contribution is 2.29. The zero-order valence-electron chi connectivity index (χ0n) is 17.3. The third-order valence-electron chi connectivity index (χ3n) is 5.11. The van der Waals surface area contributed by atoms with Crippen LogP contribution in [0.2, 0.25) is 0 Å². The van der Waals surface area contributed by atoms with Gasteiger partial charge in [0.15, 0.2) is 0 Å². The number of esters is 1. The Kier molecular flexibility index (Phi) is 6.95. The molecule has 1 fully saturated rings. The average Bonchev–Trinajstić information content (AvgIpc) is 3.08. The molecule has 162 valence electrons. The molecule has 0 saturated carbocycles. The molecule has 9 heteroatoms. The number of carbonyl (C=O) groups is 2. The maximum atomic E-state index is 12.8. The maximum absolute atomic E-state index is 12.8. The third kappa shape index (κ3) is 4.91. The zero-order valence-corrected chi connectivity index (χ0v) is 18.9. The number of ether oxygens (including phenoxy) is 1. The molecule has 0 atom stereocenters. The van der Waals surface area contributed by atoms with E-state index in [9.17, 15) is 18.0 Å². The van der Waals surface area contributed by atoms with Crippen LogP contribution in [0.15, 0.2) is 35.2 Å². The highest BCUT2D eigenvalue weighted by atomic mass is 32.2. The molecule has 2 aromatic rings. The summed E-state index contributed by atoms with van der Waals surface area (Å²) >= 11 is 1.19. The van der Waals surface area contributed by atoms with Crippen molar-refractivity contribution in [2.24, 2.45) is 5.92 Å². The molecule has 1 aliphatic heterocycles. The number of nitrogens with one attached hydrogen (secondary N) is 1. The summed E-state index contributed by atoms with van der Waals surface area (Å²) in [6, 6.07) is 8.54. The van der Waals surface area contributed by atoms with E-state index in [0.717, 1.165) is 11.1 Å². The molecular formula is C21H26N2O5S2. The zero-order chi connectivity index (χ0) is 21.9. The fourth-order valence-electron chi connectivity index (χ4n) is 3.38. The smallest absolute Gasteiger partial charge is 0.348 e. The number of amides is 1. The Morgan fingerprint density at radius 2 is 1.80 bits per heavy atom. The second kappa shape index (κ2) is 9.28. The van der Waals surface area contributed by atoms with E-state index in [4.69, 9.17) is 4.74 Å². The molecule has 0 unspecified atom stereocenters. The molecule has 1 aliphatic rings. The standard InChI is InChI=1S/C21H26N2O5S2/c1-4-28-21(25)19-15(3)13-18(29-19)22-20(24)16-9-11-23(12-10-16)30(26,27)17-7-5-14(2)6-8-17/h5-8,13,16H,4,9-12H2,1-3H3,(H,22,24). The van der Waals surface area contributed by atoms with Gasteiger partial charge in [-0.25, -0.2) is 13.2 Å². The molecule has 1 aromatic heterocycles. The average molecular weight is 451 g/mol. The lowest BCUT2D eigenvalue weighted by atomic mass is 9.97. The summed E-state index contributed by atoms with van der Waals surface area (Å²) in [7, 11) is -3.55. The summed E-state index contributed by atoms with van der Waals surface area (Å²) in [6.07, 6.45) is 0.901. The summed E-state index contributed by atoms with van der Waals surface area (Å²) in [5, 5.41) is 3.46. The van der Waals surface area contributed by atoms with Crippen LogP contribution >= 0.6 is 11.3 Å². The number of rotatable bonds is 6. The summed E-state index contributed by atoms with van der Waals surface area (Å²) < 4.78 is 32.1. The van der Waals surface area contributed by atoms with Gasteiger partial charge in [-0.05, 0) is 57.4 Å². The number of piperidine rings is 1. The van der Waals surface area contributed by atoms with Crippen molar-refractivity contribution in [3.05, 3.63) is 46.3 Å². The SMILES string of the molecule is CCOC(=O)c1sc(NC(=O)C2CCN(S(=O)(=O)c3ccc(C)cc3)CC2)cc1C. The minimum Gasteiger partial charge on any atom is -0.462 e. The molecule has 0 bridgehead atoms. The van der Waals surface area contributed by atoms with Gasteiger partial charge in [0.05, 0.1) is 16.5 Å². The van der Waals surface area contributed by atoms with Gasteiger partial charge in [0.2, 0.25) is 15.9 Å². The van der Waals surface area contributed by atoms with Gasteiger partial charge in [0.25, 0.3) is 0 Å². The molecule has 1 N–H and O–H groups in total. The Hall–Kier alpha value is -2.23. The number of hydrogen-bond acceptors (Lipinski definition) is 6. The Balaban J connectivity index is 1.60. The van der Waals surface area contributed by atoms with Gasteiger partial charge >= 0.3 is 5.97 Å². The largest absolute Gasteiger partial charge is 0.462 e. The van der Waals surface area contributed by atoms with Crippen LogP contribution in [0.1, 0.15) is 40.6 Å². The second-order valence-corrected chi connectivity index (χ2v) is 10.3. The third-order valence-corrected chi connectivity index (χ3v) is 8.15. The minimum atomic E-state index is -3.55. The Morgan fingerprint density at radius 3 is 2.40 bits per heavy atom. The molecule has 0 aliphatic carbocycles. The molecule has 2 heterocycles. The van der Waals surface area contributed by atoms with Crippen molar-refractivity contribution in [3.63, 3.8) is 0 Å². The summed E-state index contributed by atoms with van der Waals surface area (Å²) in [5.74, 6) is -0.822. The van der Waals surface area contributed by atoms with Crippen LogP contribution in [-0.4, -0.2) is 44.3 Å². The predicted molar refractivity (Wildman–Crippen MR) is 116 cm³/mol. The summed E-state index contributed by atoms with van der Waals surface area (Å²) in [6.45, 7) is 6.34. The quantitative estimate of drug-likeness (QED) is 0.679. The molecule has 0 radical (unpaired) electrons. The van der Waals surface area contributed by atoms with Crippen LogP contribution in [0.4, 0.5) is 5.00 Å². The monoisotopic (exact) mass is 450 g/mol. The highest BCUT2D eigenvalue weighted by Gasteiger charge is 2.32. The number of anilines is 1. The Bertz CT molecular complexity index is 1020. The van der Waals surface area contributed by atoms with E-state index >= 15 is 0 Å². The van der Waals surface area contributed by atoms with E-state index in [2.05, 4.69) is 5.32 Å². The summed E-state index contributed by atoms with van der Waals surface area (Å²) in [4.78, 5) is 25.4. The minimum absolute atomic E-state index is 0.154. The lowest BCUT2D eigenvalue weighted by Crippen LogP contribution is -2.41. The van der Waals surface area contributed by atoms with Gasteiger partial charge in [0.1, 0.15) is 4.88 Å². The highest BCUT2D eigenvalue weighted by molar-refractivity contribution is 7.89. The first-order chi connectivity index (χ1) is 14.2. The lowest BCUT2D eigenvalue weighted by molar-refractivity contribution is -0.120. The van der Waals surface area contributed by atoms with Crippen LogP contribution in [0.25, 0.3) is 0 Å². The van der Waals surface area contributed by atoms with Gasteiger partial charge in [-0.3, -0.25) is 4.79 Å². The van der Waals surface area contributed by atoms with Crippen molar-refractivity contribution in [2.45, 2.75) is 38.5 Å². The van der Waals surface area contributed by atoms with Crippen molar-refractivity contribution in [3.8, 4) is 0 Å². The summed E-state index contributed by atoms with van der Waals surface area (Å²) in [5.41, 5.74) is 1.76. The normalized spacial score (nSPS) is 15.7.